The average molecular weight is 392 g/mol. The van der Waals surface area contributed by atoms with Gasteiger partial charge in [-0.25, -0.2) is 0 Å². The van der Waals surface area contributed by atoms with E-state index in [2.05, 4.69) is 59.1 Å². The number of ether oxygens (including phenoxy) is 2. The van der Waals surface area contributed by atoms with Crippen molar-refractivity contribution in [2.24, 2.45) is 5.92 Å². The second-order valence-corrected chi connectivity index (χ2v) is 8.09. The minimum atomic E-state index is -0.293. The van der Waals surface area contributed by atoms with Crippen molar-refractivity contribution in [3.8, 4) is 5.75 Å². The molecule has 2 rings (SSSR count). The van der Waals surface area contributed by atoms with Crippen LogP contribution in [0.4, 0.5) is 0 Å². The molecule has 0 amide bonds. The van der Waals surface area contributed by atoms with Crippen molar-refractivity contribution in [3.05, 3.63) is 65.7 Å². The fourth-order valence-corrected chi connectivity index (χ4v) is 3.01. The topological polar surface area (TPSA) is 18.5 Å². The highest BCUT2D eigenvalue weighted by atomic mass is 35.5. The second kappa shape index (κ2) is 10.7. The van der Waals surface area contributed by atoms with Crippen LogP contribution in [0.1, 0.15) is 38.8 Å². The Balaban J connectivity index is 0.00000364. The summed E-state index contributed by atoms with van der Waals surface area (Å²) in [5.74, 6) is 1.52. The normalized spacial score (nSPS) is 13.7. The van der Waals surface area contributed by atoms with Gasteiger partial charge < -0.3 is 17.1 Å². The number of hydrogen-bond acceptors (Lipinski definition) is 2. The molecule has 150 valence electrons. The molecule has 0 aliphatic carbocycles. The maximum atomic E-state index is 6.12. The van der Waals surface area contributed by atoms with Crippen molar-refractivity contribution >= 4 is 0 Å². The summed E-state index contributed by atoms with van der Waals surface area (Å²) in [6.07, 6.45) is 0.856. The standard InChI is InChI=1S/C23H34NO2.ClH/c1-18(2)16-21-12-14-22(15-13-21)17-24(5,6)19(3)25-20(4)26-23-10-8-7-9-11-23;/h7-15,18-20H,16-17H2,1-6H3;1H/q+1;/p-1. The van der Waals surface area contributed by atoms with E-state index in [1.165, 1.54) is 11.1 Å². The maximum Gasteiger partial charge on any atom is 0.202 e. The third kappa shape index (κ3) is 7.92. The molecule has 0 N–H and O–H groups in total. The second-order valence-electron chi connectivity index (χ2n) is 8.09. The first-order chi connectivity index (χ1) is 12.3. The molecule has 4 heteroatoms. The van der Waals surface area contributed by atoms with Gasteiger partial charge >= 0.3 is 0 Å². The number of benzene rings is 2. The lowest BCUT2D eigenvalue weighted by Gasteiger charge is -2.36. The molecular weight excluding hydrogens is 358 g/mol. The molecule has 2 atom stereocenters. The Morgan fingerprint density at radius 1 is 0.815 bits per heavy atom. The Kier molecular flexibility index (Phi) is 9.31. The Morgan fingerprint density at radius 3 is 1.93 bits per heavy atom. The van der Waals surface area contributed by atoms with Gasteiger partial charge in [-0.05, 0) is 37.0 Å². The molecule has 0 saturated carbocycles. The van der Waals surface area contributed by atoms with E-state index < -0.39 is 0 Å². The van der Waals surface area contributed by atoms with Gasteiger partial charge in [-0.15, -0.1) is 0 Å². The Labute approximate surface area is 171 Å². The van der Waals surface area contributed by atoms with Gasteiger partial charge in [-0.3, -0.25) is 9.22 Å². The van der Waals surface area contributed by atoms with E-state index in [-0.39, 0.29) is 24.9 Å². The molecule has 3 nitrogen and oxygen atoms in total. The molecule has 0 heterocycles. The third-order valence-electron chi connectivity index (χ3n) is 4.68. The molecule has 0 radical (unpaired) electrons. The smallest absolute Gasteiger partial charge is 0.202 e. The highest BCUT2D eigenvalue weighted by Gasteiger charge is 2.27. The van der Waals surface area contributed by atoms with Crippen LogP contribution in [0.3, 0.4) is 0 Å². The Bertz CT molecular complexity index is 656. The average Bonchev–Trinajstić information content (AvgIpc) is 2.56. The number of nitrogens with zero attached hydrogens (tertiary/aromatic N) is 1. The van der Waals surface area contributed by atoms with Gasteiger partial charge in [0.05, 0.1) is 14.1 Å². The fraction of sp³-hybridized carbons (Fsp3) is 0.478. The monoisotopic (exact) mass is 391 g/mol. The van der Waals surface area contributed by atoms with Crippen molar-refractivity contribution in [2.75, 3.05) is 14.1 Å². The zero-order valence-electron chi connectivity index (χ0n) is 17.5. The van der Waals surface area contributed by atoms with Crippen LogP contribution in [0.15, 0.2) is 54.6 Å². The zero-order chi connectivity index (χ0) is 19.2. The van der Waals surface area contributed by atoms with Gasteiger partial charge in [0.2, 0.25) is 6.29 Å². The van der Waals surface area contributed by atoms with Crippen molar-refractivity contribution < 1.29 is 26.4 Å². The van der Waals surface area contributed by atoms with Crippen LogP contribution in [-0.2, 0) is 17.7 Å². The van der Waals surface area contributed by atoms with E-state index in [1.54, 1.807) is 0 Å². The van der Waals surface area contributed by atoms with Gasteiger partial charge in [0.25, 0.3) is 0 Å². The lowest BCUT2D eigenvalue weighted by atomic mass is 10.0. The molecule has 0 aromatic heterocycles. The molecule has 2 unspecified atom stereocenters. The first kappa shape index (κ1) is 23.5. The molecule has 0 fully saturated rings. The van der Waals surface area contributed by atoms with E-state index >= 15 is 0 Å². The first-order valence-electron chi connectivity index (χ1n) is 9.54. The molecule has 0 aliphatic rings. The maximum absolute atomic E-state index is 6.12. The van der Waals surface area contributed by atoms with Gasteiger partial charge in [-0.1, -0.05) is 56.3 Å². The van der Waals surface area contributed by atoms with Gasteiger partial charge in [-0.2, -0.15) is 0 Å². The summed E-state index contributed by atoms with van der Waals surface area (Å²) in [7, 11) is 4.39. The number of rotatable bonds is 9. The van der Waals surface area contributed by atoms with Crippen molar-refractivity contribution in [3.63, 3.8) is 0 Å². The summed E-state index contributed by atoms with van der Waals surface area (Å²) in [5.41, 5.74) is 2.73. The molecule has 0 saturated heterocycles. The van der Waals surface area contributed by atoms with Crippen molar-refractivity contribution in [1.82, 2.24) is 0 Å². The van der Waals surface area contributed by atoms with Crippen molar-refractivity contribution in [2.45, 2.75) is 53.2 Å². The molecule has 2 aromatic rings. The molecular formula is C23H34ClNO2. The van der Waals surface area contributed by atoms with Crippen LogP contribution < -0.4 is 17.1 Å². The minimum Gasteiger partial charge on any atom is -1.00 e. The highest BCUT2D eigenvalue weighted by Crippen LogP contribution is 2.19. The van der Waals surface area contributed by atoms with E-state index in [0.717, 1.165) is 23.2 Å². The molecule has 0 aliphatic heterocycles. The highest BCUT2D eigenvalue weighted by molar-refractivity contribution is 5.22. The summed E-state index contributed by atoms with van der Waals surface area (Å²) in [5, 5.41) is 0. The zero-order valence-corrected chi connectivity index (χ0v) is 18.2. The van der Waals surface area contributed by atoms with Gasteiger partial charge in [0, 0.05) is 12.5 Å². The number of halogens is 1. The largest absolute Gasteiger partial charge is 1.00 e. The minimum absolute atomic E-state index is 0. The third-order valence-corrected chi connectivity index (χ3v) is 4.68. The van der Waals surface area contributed by atoms with Gasteiger partial charge in [0.15, 0.2) is 6.23 Å². The first-order valence-corrected chi connectivity index (χ1v) is 9.54. The van der Waals surface area contributed by atoms with E-state index in [1.807, 2.05) is 37.3 Å². The van der Waals surface area contributed by atoms with E-state index in [0.29, 0.717) is 5.92 Å². The Hall–Kier alpha value is -1.55. The predicted octanol–water partition coefficient (Wildman–Crippen LogP) is 2.25. The summed E-state index contributed by atoms with van der Waals surface area (Å²) < 4.78 is 12.7. The summed E-state index contributed by atoms with van der Waals surface area (Å²) >= 11 is 0. The fourth-order valence-electron chi connectivity index (χ4n) is 3.01. The predicted molar refractivity (Wildman–Crippen MR) is 108 cm³/mol. The summed E-state index contributed by atoms with van der Waals surface area (Å²) in [6, 6.07) is 18.8. The van der Waals surface area contributed by atoms with Crippen molar-refractivity contribution in [1.29, 1.82) is 0 Å². The van der Waals surface area contributed by atoms with Crippen LogP contribution in [0, 0.1) is 5.92 Å². The molecule has 27 heavy (non-hydrogen) atoms. The van der Waals surface area contributed by atoms with Crippen LogP contribution in [0.2, 0.25) is 0 Å². The number of para-hydroxylation sites is 1. The van der Waals surface area contributed by atoms with E-state index in [4.69, 9.17) is 9.47 Å². The lowest BCUT2D eigenvalue weighted by molar-refractivity contribution is -0.949. The SMILES string of the molecule is CC(C)Cc1ccc(C[N+](C)(C)C(C)OC(C)Oc2ccccc2)cc1.[Cl-]. The van der Waals surface area contributed by atoms with E-state index in [9.17, 15) is 0 Å². The van der Waals surface area contributed by atoms with Crippen LogP contribution in [0.25, 0.3) is 0 Å². The van der Waals surface area contributed by atoms with Crippen LogP contribution in [0.5, 0.6) is 5.75 Å². The van der Waals surface area contributed by atoms with Crippen LogP contribution >= 0.6 is 0 Å². The van der Waals surface area contributed by atoms with Gasteiger partial charge in [0.1, 0.15) is 12.3 Å². The molecule has 0 bridgehead atoms. The van der Waals surface area contributed by atoms with Crippen LogP contribution in [-0.4, -0.2) is 31.1 Å². The molecule has 0 spiro atoms. The quantitative estimate of drug-likeness (QED) is 0.482. The summed E-state index contributed by atoms with van der Waals surface area (Å²) in [6.45, 7) is 9.49. The lowest BCUT2D eigenvalue weighted by Crippen LogP contribution is -3.00. The summed E-state index contributed by atoms with van der Waals surface area (Å²) in [4.78, 5) is 0. The molecule has 2 aromatic carbocycles. The number of hydrogen-bond donors (Lipinski definition) is 0. The number of quaternary nitrogens is 1. The Morgan fingerprint density at radius 2 is 1.37 bits per heavy atom.